The SMILES string of the molecule is CCOc1cc(C=NNC(=O)c2c(C)nnn2-c2nonc2N)cc(Br)c1OCc1ccccc1. The first kappa shape index (κ1) is 23.9. The summed E-state index contributed by atoms with van der Waals surface area (Å²) >= 11 is 3.53. The number of ether oxygens (including phenoxy) is 2. The second kappa shape index (κ2) is 10.8. The van der Waals surface area contributed by atoms with Gasteiger partial charge in [0, 0.05) is 0 Å². The third kappa shape index (κ3) is 5.46. The molecule has 12 nitrogen and oxygen atoms in total. The zero-order chi connectivity index (χ0) is 24.8. The van der Waals surface area contributed by atoms with Crippen molar-refractivity contribution < 1.29 is 18.9 Å². The number of hydrogen-bond acceptors (Lipinski definition) is 10. The maximum Gasteiger partial charge on any atom is 0.292 e. The lowest BCUT2D eigenvalue weighted by molar-refractivity contribution is 0.0946. The van der Waals surface area contributed by atoms with Crippen LogP contribution in [-0.2, 0) is 6.61 Å². The van der Waals surface area contributed by atoms with Crippen LogP contribution in [0.5, 0.6) is 11.5 Å². The van der Waals surface area contributed by atoms with Crippen molar-refractivity contribution in [3.63, 3.8) is 0 Å². The number of anilines is 1. The van der Waals surface area contributed by atoms with Crippen LogP contribution < -0.4 is 20.6 Å². The smallest absolute Gasteiger partial charge is 0.292 e. The van der Waals surface area contributed by atoms with E-state index >= 15 is 0 Å². The van der Waals surface area contributed by atoms with Crippen molar-refractivity contribution in [1.82, 2.24) is 30.7 Å². The molecule has 180 valence electrons. The third-order valence-electron chi connectivity index (χ3n) is 4.69. The van der Waals surface area contributed by atoms with Crippen LogP contribution in [0.3, 0.4) is 0 Å². The number of hydrogen-bond donors (Lipinski definition) is 2. The average Bonchev–Trinajstić information content (AvgIpc) is 3.44. The van der Waals surface area contributed by atoms with Crippen LogP contribution in [0.25, 0.3) is 5.82 Å². The van der Waals surface area contributed by atoms with Crippen molar-refractivity contribution in [3.8, 4) is 17.3 Å². The molecule has 2 aromatic carbocycles. The molecule has 2 aromatic heterocycles. The molecule has 0 fully saturated rings. The summed E-state index contributed by atoms with van der Waals surface area (Å²) in [5, 5.41) is 19.0. The molecule has 13 heteroatoms. The molecule has 0 atom stereocenters. The zero-order valence-electron chi connectivity index (χ0n) is 18.8. The predicted molar refractivity (Wildman–Crippen MR) is 130 cm³/mol. The number of benzene rings is 2. The number of nitrogens with two attached hydrogens (primary N) is 1. The number of nitrogens with one attached hydrogen (secondary N) is 1. The van der Waals surface area contributed by atoms with Gasteiger partial charge in [0.05, 0.1) is 23.0 Å². The minimum absolute atomic E-state index is 0.0321. The van der Waals surface area contributed by atoms with Gasteiger partial charge in [-0.3, -0.25) is 4.79 Å². The first-order valence-electron chi connectivity index (χ1n) is 10.4. The van der Waals surface area contributed by atoms with Crippen molar-refractivity contribution >= 4 is 33.9 Å². The first-order valence-corrected chi connectivity index (χ1v) is 11.2. The lowest BCUT2D eigenvalue weighted by Crippen LogP contribution is -2.22. The van der Waals surface area contributed by atoms with Gasteiger partial charge in [0.2, 0.25) is 11.6 Å². The Morgan fingerprint density at radius 3 is 2.77 bits per heavy atom. The van der Waals surface area contributed by atoms with E-state index in [-0.39, 0.29) is 17.3 Å². The van der Waals surface area contributed by atoms with Crippen molar-refractivity contribution in [2.24, 2.45) is 5.10 Å². The molecule has 4 rings (SSSR count). The van der Waals surface area contributed by atoms with Crippen LogP contribution in [0.2, 0.25) is 0 Å². The Morgan fingerprint density at radius 2 is 2.06 bits per heavy atom. The molecule has 0 unspecified atom stereocenters. The van der Waals surface area contributed by atoms with Crippen molar-refractivity contribution in [1.29, 1.82) is 0 Å². The number of nitrogen functional groups attached to an aromatic ring is 1. The topological polar surface area (TPSA) is 156 Å². The predicted octanol–water partition coefficient (Wildman–Crippen LogP) is 3.05. The summed E-state index contributed by atoms with van der Waals surface area (Å²) in [5.74, 6) is 0.559. The van der Waals surface area contributed by atoms with Crippen LogP contribution in [0.15, 0.2) is 56.7 Å². The van der Waals surface area contributed by atoms with E-state index < -0.39 is 5.91 Å². The molecule has 1 amide bonds. The Morgan fingerprint density at radius 1 is 1.26 bits per heavy atom. The summed E-state index contributed by atoms with van der Waals surface area (Å²) in [6, 6.07) is 13.4. The van der Waals surface area contributed by atoms with Gasteiger partial charge in [0.25, 0.3) is 5.91 Å². The number of carbonyl (C=O) groups is 1. The summed E-state index contributed by atoms with van der Waals surface area (Å²) in [5.41, 5.74) is 10.3. The van der Waals surface area contributed by atoms with Gasteiger partial charge >= 0.3 is 0 Å². The molecule has 35 heavy (non-hydrogen) atoms. The molecule has 3 N–H and O–H groups in total. The van der Waals surface area contributed by atoms with Crippen molar-refractivity contribution in [2.75, 3.05) is 12.3 Å². The fraction of sp³-hybridized carbons (Fsp3) is 0.182. The number of carbonyl (C=O) groups excluding carboxylic acids is 1. The molecule has 2 heterocycles. The van der Waals surface area contributed by atoms with E-state index in [4.69, 9.17) is 15.2 Å². The van der Waals surface area contributed by atoms with Gasteiger partial charge < -0.3 is 15.2 Å². The Bertz CT molecular complexity index is 1350. The maximum atomic E-state index is 12.8. The van der Waals surface area contributed by atoms with E-state index in [0.717, 1.165) is 10.2 Å². The molecule has 0 bridgehead atoms. The van der Waals surface area contributed by atoms with E-state index in [1.807, 2.05) is 37.3 Å². The Labute approximate surface area is 208 Å². The van der Waals surface area contributed by atoms with Gasteiger partial charge in [-0.2, -0.15) is 9.78 Å². The second-order valence-electron chi connectivity index (χ2n) is 7.14. The van der Waals surface area contributed by atoms with Crippen LogP contribution in [0.4, 0.5) is 5.82 Å². The maximum absolute atomic E-state index is 12.8. The summed E-state index contributed by atoms with van der Waals surface area (Å²) in [6.45, 7) is 4.33. The standard InChI is InChI=1S/C22H21BrN8O4/c1-3-33-17-10-15(9-16(23)19(17)34-12-14-7-5-4-6-8-14)11-25-27-22(32)18-13(2)26-30-31(18)21-20(24)28-35-29-21/h4-11H,3,12H2,1-2H3,(H2,24,28)(H,27,32). The van der Waals surface area contributed by atoms with Crippen LogP contribution in [-0.4, -0.2) is 44.0 Å². The molecular weight excluding hydrogens is 520 g/mol. The number of nitrogens with zero attached hydrogens (tertiary/aromatic N) is 6. The Balaban J connectivity index is 1.50. The van der Waals surface area contributed by atoms with Crippen LogP contribution in [0.1, 0.15) is 34.2 Å². The molecule has 4 aromatic rings. The third-order valence-corrected chi connectivity index (χ3v) is 5.28. The molecular formula is C22H21BrN8O4. The van der Waals surface area contributed by atoms with E-state index in [9.17, 15) is 4.79 Å². The summed E-state index contributed by atoms with van der Waals surface area (Å²) in [6.07, 6.45) is 1.47. The van der Waals surface area contributed by atoms with Crippen LogP contribution in [0, 0.1) is 6.92 Å². The molecule has 0 saturated heterocycles. The fourth-order valence-corrected chi connectivity index (χ4v) is 3.69. The van der Waals surface area contributed by atoms with E-state index in [1.165, 1.54) is 6.21 Å². The van der Waals surface area contributed by atoms with Crippen molar-refractivity contribution in [3.05, 3.63) is 69.5 Å². The van der Waals surface area contributed by atoms with Gasteiger partial charge in [0.1, 0.15) is 6.61 Å². The number of hydrazone groups is 1. The normalized spacial score (nSPS) is 11.1. The summed E-state index contributed by atoms with van der Waals surface area (Å²) in [4.78, 5) is 12.8. The molecule has 0 spiro atoms. The zero-order valence-corrected chi connectivity index (χ0v) is 20.4. The monoisotopic (exact) mass is 540 g/mol. The number of rotatable bonds is 9. The van der Waals surface area contributed by atoms with Gasteiger partial charge in [-0.05, 0) is 63.4 Å². The van der Waals surface area contributed by atoms with Gasteiger partial charge in [-0.1, -0.05) is 35.5 Å². The minimum Gasteiger partial charge on any atom is -0.490 e. The van der Waals surface area contributed by atoms with E-state index in [0.29, 0.717) is 40.4 Å². The Kier molecular flexibility index (Phi) is 7.35. The van der Waals surface area contributed by atoms with E-state index in [1.54, 1.807) is 19.1 Å². The average molecular weight is 541 g/mol. The number of halogens is 1. The van der Waals surface area contributed by atoms with Crippen molar-refractivity contribution in [2.45, 2.75) is 20.5 Å². The summed E-state index contributed by atoms with van der Waals surface area (Å²) in [7, 11) is 0. The van der Waals surface area contributed by atoms with Crippen LogP contribution >= 0.6 is 15.9 Å². The number of aromatic nitrogens is 5. The fourth-order valence-electron chi connectivity index (χ4n) is 3.12. The highest BCUT2D eigenvalue weighted by atomic mass is 79.9. The second-order valence-corrected chi connectivity index (χ2v) is 8.00. The molecule has 0 radical (unpaired) electrons. The highest BCUT2D eigenvalue weighted by molar-refractivity contribution is 9.10. The molecule has 0 aliphatic rings. The Hall–Kier alpha value is -4.26. The lowest BCUT2D eigenvalue weighted by Gasteiger charge is -2.14. The van der Waals surface area contributed by atoms with E-state index in [2.05, 4.69) is 51.7 Å². The quantitative estimate of drug-likeness (QED) is 0.240. The highest BCUT2D eigenvalue weighted by Crippen LogP contribution is 2.37. The number of aryl methyl sites for hydroxylation is 1. The molecule has 0 aliphatic heterocycles. The highest BCUT2D eigenvalue weighted by Gasteiger charge is 2.22. The first-order chi connectivity index (χ1) is 17.0. The van der Waals surface area contributed by atoms with Gasteiger partial charge in [-0.15, -0.1) is 5.10 Å². The van der Waals surface area contributed by atoms with Gasteiger partial charge in [0.15, 0.2) is 17.2 Å². The minimum atomic E-state index is -0.571. The lowest BCUT2D eigenvalue weighted by atomic mass is 10.2. The molecule has 0 aliphatic carbocycles. The van der Waals surface area contributed by atoms with Gasteiger partial charge in [-0.25, -0.2) is 10.1 Å². The molecule has 0 saturated carbocycles. The summed E-state index contributed by atoms with van der Waals surface area (Å²) < 4.78 is 18.1. The number of amides is 1. The largest absolute Gasteiger partial charge is 0.490 e.